The van der Waals surface area contributed by atoms with Gasteiger partial charge in [-0.15, -0.1) is 5.10 Å². The lowest BCUT2D eigenvalue weighted by Gasteiger charge is -2.08. The van der Waals surface area contributed by atoms with Gasteiger partial charge in [-0.05, 0) is 6.92 Å². The average Bonchev–Trinajstić information content (AvgIpc) is 2.87. The SMILES string of the molecule is CCn1nncc1C(O)c1cn[nH]c1. The second kappa shape index (κ2) is 3.59. The highest BCUT2D eigenvalue weighted by atomic mass is 16.3. The van der Waals surface area contributed by atoms with Crippen molar-refractivity contribution in [1.82, 2.24) is 25.2 Å². The van der Waals surface area contributed by atoms with E-state index in [1.165, 1.54) is 0 Å². The maximum atomic E-state index is 9.92. The van der Waals surface area contributed by atoms with Crippen LogP contribution in [0.1, 0.15) is 24.3 Å². The average molecular weight is 193 g/mol. The Bertz CT molecular complexity index is 394. The normalized spacial score (nSPS) is 13.0. The summed E-state index contributed by atoms with van der Waals surface area (Å²) in [6.07, 6.45) is 4.07. The third kappa shape index (κ3) is 1.39. The summed E-state index contributed by atoms with van der Waals surface area (Å²) in [5.74, 6) is 0. The molecular formula is C8H11N5O. The highest BCUT2D eigenvalue weighted by Gasteiger charge is 2.16. The van der Waals surface area contributed by atoms with Crippen molar-refractivity contribution >= 4 is 0 Å². The fraction of sp³-hybridized carbons (Fsp3) is 0.375. The Kier molecular flexibility index (Phi) is 2.28. The predicted octanol–water partition coefficient (Wildman–Crippen LogP) is 0.103. The molecule has 2 rings (SSSR count). The van der Waals surface area contributed by atoms with Crippen LogP contribution >= 0.6 is 0 Å². The van der Waals surface area contributed by atoms with E-state index in [-0.39, 0.29) is 0 Å². The number of aliphatic hydroxyl groups is 1. The molecule has 0 spiro atoms. The summed E-state index contributed by atoms with van der Waals surface area (Å²) >= 11 is 0. The first-order valence-corrected chi connectivity index (χ1v) is 4.38. The molecular weight excluding hydrogens is 182 g/mol. The van der Waals surface area contributed by atoms with E-state index in [9.17, 15) is 5.11 Å². The predicted molar refractivity (Wildman–Crippen MR) is 48.3 cm³/mol. The molecule has 2 heterocycles. The van der Waals surface area contributed by atoms with Crippen molar-refractivity contribution < 1.29 is 5.11 Å². The van der Waals surface area contributed by atoms with Gasteiger partial charge in [-0.25, -0.2) is 4.68 Å². The Balaban J connectivity index is 2.31. The van der Waals surface area contributed by atoms with Crippen LogP contribution < -0.4 is 0 Å². The van der Waals surface area contributed by atoms with E-state index in [1.54, 1.807) is 23.3 Å². The zero-order valence-electron chi connectivity index (χ0n) is 7.75. The van der Waals surface area contributed by atoms with Gasteiger partial charge in [0.15, 0.2) is 0 Å². The summed E-state index contributed by atoms with van der Waals surface area (Å²) in [5.41, 5.74) is 1.39. The van der Waals surface area contributed by atoms with E-state index < -0.39 is 6.10 Å². The van der Waals surface area contributed by atoms with E-state index in [4.69, 9.17) is 0 Å². The first kappa shape index (κ1) is 8.89. The molecule has 0 bridgehead atoms. The Morgan fingerprint density at radius 3 is 3.07 bits per heavy atom. The van der Waals surface area contributed by atoms with Gasteiger partial charge in [-0.3, -0.25) is 5.10 Å². The summed E-state index contributed by atoms with van der Waals surface area (Å²) in [6, 6.07) is 0. The smallest absolute Gasteiger partial charge is 0.125 e. The number of aryl methyl sites for hydroxylation is 1. The van der Waals surface area contributed by atoms with Gasteiger partial charge < -0.3 is 5.11 Å². The third-order valence-electron chi connectivity index (χ3n) is 2.06. The van der Waals surface area contributed by atoms with E-state index >= 15 is 0 Å². The highest BCUT2D eigenvalue weighted by Crippen LogP contribution is 2.19. The number of nitrogens with one attached hydrogen (secondary N) is 1. The van der Waals surface area contributed by atoms with Crippen LogP contribution in [-0.4, -0.2) is 30.3 Å². The number of rotatable bonds is 3. The molecule has 0 saturated heterocycles. The maximum Gasteiger partial charge on any atom is 0.125 e. The fourth-order valence-electron chi connectivity index (χ4n) is 1.30. The van der Waals surface area contributed by atoms with Crippen LogP contribution in [0.3, 0.4) is 0 Å². The molecule has 0 amide bonds. The van der Waals surface area contributed by atoms with E-state index in [0.717, 1.165) is 0 Å². The molecule has 1 atom stereocenters. The zero-order valence-corrected chi connectivity index (χ0v) is 7.75. The van der Waals surface area contributed by atoms with E-state index in [2.05, 4.69) is 20.5 Å². The molecule has 0 saturated carbocycles. The van der Waals surface area contributed by atoms with Crippen LogP contribution in [-0.2, 0) is 6.54 Å². The first-order chi connectivity index (χ1) is 6.83. The number of aromatic nitrogens is 5. The van der Waals surface area contributed by atoms with Gasteiger partial charge in [0.2, 0.25) is 0 Å². The fourth-order valence-corrected chi connectivity index (χ4v) is 1.30. The molecule has 2 N–H and O–H groups in total. The summed E-state index contributed by atoms with van der Waals surface area (Å²) < 4.78 is 1.65. The Labute approximate surface area is 80.6 Å². The van der Waals surface area contributed by atoms with Gasteiger partial charge in [-0.1, -0.05) is 5.21 Å². The first-order valence-electron chi connectivity index (χ1n) is 4.38. The Morgan fingerprint density at radius 1 is 1.57 bits per heavy atom. The summed E-state index contributed by atoms with van der Waals surface area (Å²) in [5, 5.41) is 23.9. The van der Waals surface area contributed by atoms with Crippen LogP contribution in [0.5, 0.6) is 0 Å². The minimum Gasteiger partial charge on any atom is -0.382 e. The molecule has 0 aliphatic carbocycles. The van der Waals surface area contributed by atoms with Gasteiger partial charge in [0, 0.05) is 18.3 Å². The van der Waals surface area contributed by atoms with Gasteiger partial charge in [0.05, 0.1) is 18.1 Å². The van der Waals surface area contributed by atoms with Gasteiger partial charge in [0.1, 0.15) is 6.10 Å². The Morgan fingerprint density at radius 2 is 2.43 bits per heavy atom. The van der Waals surface area contributed by atoms with Gasteiger partial charge in [0.25, 0.3) is 0 Å². The van der Waals surface area contributed by atoms with Crippen molar-refractivity contribution in [3.63, 3.8) is 0 Å². The molecule has 0 fully saturated rings. The van der Waals surface area contributed by atoms with Crippen molar-refractivity contribution in [2.75, 3.05) is 0 Å². The molecule has 2 aromatic rings. The number of H-pyrrole nitrogens is 1. The minimum absolute atomic E-state index is 0.675. The van der Waals surface area contributed by atoms with Crippen molar-refractivity contribution in [2.45, 2.75) is 19.6 Å². The van der Waals surface area contributed by atoms with Crippen molar-refractivity contribution in [3.8, 4) is 0 Å². The minimum atomic E-state index is -0.719. The summed E-state index contributed by atoms with van der Waals surface area (Å²) in [6.45, 7) is 2.63. The zero-order chi connectivity index (χ0) is 9.97. The largest absolute Gasteiger partial charge is 0.382 e. The number of aromatic amines is 1. The molecule has 0 radical (unpaired) electrons. The molecule has 14 heavy (non-hydrogen) atoms. The molecule has 1 unspecified atom stereocenters. The number of hydrogen-bond acceptors (Lipinski definition) is 4. The number of nitrogens with zero attached hydrogens (tertiary/aromatic N) is 4. The molecule has 74 valence electrons. The van der Waals surface area contributed by atoms with Crippen molar-refractivity contribution in [2.24, 2.45) is 0 Å². The third-order valence-corrected chi connectivity index (χ3v) is 2.06. The van der Waals surface area contributed by atoms with Crippen molar-refractivity contribution in [3.05, 3.63) is 29.8 Å². The quantitative estimate of drug-likeness (QED) is 0.724. The second-order valence-electron chi connectivity index (χ2n) is 2.91. The summed E-state index contributed by atoms with van der Waals surface area (Å²) in [4.78, 5) is 0. The van der Waals surface area contributed by atoms with Gasteiger partial charge in [-0.2, -0.15) is 5.10 Å². The lowest BCUT2D eigenvalue weighted by atomic mass is 10.1. The number of aliphatic hydroxyl groups excluding tert-OH is 1. The van der Waals surface area contributed by atoms with E-state index in [0.29, 0.717) is 17.8 Å². The second-order valence-corrected chi connectivity index (χ2v) is 2.91. The molecule has 6 nitrogen and oxygen atoms in total. The molecule has 6 heteroatoms. The molecule has 2 aromatic heterocycles. The van der Waals surface area contributed by atoms with Crippen molar-refractivity contribution in [1.29, 1.82) is 0 Å². The molecule has 0 aliphatic heterocycles. The lowest BCUT2D eigenvalue weighted by molar-refractivity contribution is 0.208. The molecule has 0 aromatic carbocycles. The van der Waals surface area contributed by atoms with Gasteiger partial charge >= 0.3 is 0 Å². The van der Waals surface area contributed by atoms with Crippen LogP contribution in [0.2, 0.25) is 0 Å². The van der Waals surface area contributed by atoms with E-state index in [1.807, 2.05) is 6.92 Å². The number of hydrogen-bond donors (Lipinski definition) is 2. The highest BCUT2D eigenvalue weighted by molar-refractivity contribution is 5.18. The van der Waals surface area contributed by atoms with Crippen LogP contribution in [0.15, 0.2) is 18.6 Å². The Hall–Kier alpha value is -1.69. The van der Waals surface area contributed by atoms with Crippen LogP contribution in [0.4, 0.5) is 0 Å². The topological polar surface area (TPSA) is 79.6 Å². The van der Waals surface area contributed by atoms with Crippen LogP contribution in [0, 0.1) is 0 Å². The lowest BCUT2D eigenvalue weighted by Crippen LogP contribution is -2.08. The molecule has 0 aliphatic rings. The van der Waals surface area contributed by atoms with Crippen LogP contribution in [0.25, 0.3) is 0 Å². The monoisotopic (exact) mass is 193 g/mol. The maximum absolute atomic E-state index is 9.92. The summed E-state index contributed by atoms with van der Waals surface area (Å²) in [7, 11) is 0. The standard InChI is InChI=1S/C8H11N5O/c1-2-13-7(5-11-12-13)8(14)6-3-9-10-4-6/h3-5,8,14H,2H2,1H3,(H,9,10).